The average Bonchev–Trinajstić information content (AvgIpc) is 2.94. The Hall–Kier alpha value is -0.830. The van der Waals surface area contributed by atoms with Gasteiger partial charge in [0.1, 0.15) is 0 Å². The van der Waals surface area contributed by atoms with Crippen LogP contribution >= 0.6 is 0 Å². The lowest BCUT2D eigenvalue weighted by molar-refractivity contribution is 0.211. The first-order valence-corrected chi connectivity index (χ1v) is 8.94. The molecular formula is C18H33N3. The van der Waals surface area contributed by atoms with E-state index in [1.54, 1.807) is 0 Å². The fraction of sp³-hybridized carbons (Fsp3) is 0.833. The highest BCUT2D eigenvalue weighted by Gasteiger charge is 2.27. The van der Waals surface area contributed by atoms with E-state index in [2.05, 4.69) is 43.9 Å². The summed E-state index contributed by atoms with van der Waals surface area (Å²) in [5, 5.41) is 8.30. The van der Waals surface area contributed by atoms with E-state index in [-0.39, 0.29) is 0 Å². The Balaban J connectivity index is 2.06. The summed E-state index contributed by atoms with van der Waals surface area (Å²) in [6.45, 7) is 7.71. The second-order valence-electron chi connectivity index (χ2n) is 6.60. The maximum Gasteiger partial charge on any atom is 0.0624 e. The number of hydrogen-bond donors (Lipinski definition) is 1. The predicted octanol–water partition coefficient (Wildman–Crippen LogP) is 3.81. The number of nitrogens with one attached hydrogen (secondary N) is 1. The molecule has 1 aromatic rings. The summed E-state index contributed by atoms with van der Waals surface area (Å²) in [5.74, 6) is 1.78. The van der Waals surface area contributed by atoms with E-state index in [1.807, 2.05) is 0 Å². The Kier molecular flexibility index (Phi) is 6.28. The summed E-state index contributed by atoms with van der Waals surface area (Å²) >= 11 is 0. The standard InChI is InChI=1S/C18H33N3/c1-5-14-9-8-10-15(11-14)18(19-4)13-17-12-16(6-2)20-21(17)7-3/h12,14-15,18-19H,5-11,13H2,1-4H3. The zero-order valence-electron chi connectivity index (χ0n) is 14.4. The van der Waals surface area contributed by atoms with Crippen LogP contribution in [-0.2, 0) is 19.4 Å². The topological polar surface area (TPSA) is 29.9 Å². The van der Waals surface area contributed by atoms with Crippen molar-refractivity contribution in [2.75, 3.05) is 7.05 Å². The molecule has 21 heavy (non-hydrogen) atoms. The molecule has 1 aliphatic rings. The van der Waals surface area contributed by atoms with Gasteiger partial charge in [-0.2, -0.15) is 5.10 Å². The van der Waals surface area contributed by atoms with E-state index < -0.39 is 0 Å². The summed E-state index contributed by atoms with van der Waals surface area (Å²) in [5.41, 5.74) is 2.64. The fourth-order valence-electron chi connectivity index (χ4n) is 3.92. The van der Waals surface area contributed by atoms with Gasteiger partial charge in [-0.05, 0) is 51.1 Å². The minimum absolute atomic E-state index is 0.603. The lowest BCUT2D eigenvalue weighted by Gasteiger charge is -2.34. The van der Waals surface area contributed by atoms with Crippen molar-refractivity contribution in [2.45, 2.75) is 78.3 Å². The first-order chi connectivity index (χ1) is 10.2. The number of hydrogen-bond acceptors (Lipinski definition) is 2. The van der Waals surface area contributed by atoms with Gasteiger partial charge in [-0.1, -0.05) is 33.1 Å². The van der Waals surface area contributed by atoms with Crippen molar-refractivity contribution >= 4 is 0 Å². The van der Waals surface area contributed by atoms with E-state index >= 15 is 0 Å². The highest BCUT2D eigenvalue weighted by atomic mass is 15.3. The highest BCUT2D eigenvalue weighted by molar-refractivity contribution is 5.12. The van der Waals surface area contributed by atoms with Crippen molar-refractivity contribution in [1.82, 2.24) is 15.1 Å². The van der Waals surface area contributed by atoms with E-state index in [0.29, 0.717) is 6.04 Å². The molecule has 1 aliphatic carbocycles. The van der Waals surface area contributed by atoms with Crippen LogP contribution in [0.15, 0.2) is 6.07 Å². The SMILES string of the molecule is CCc1cc(CC(NC)C2CCCC(CC)C2)n(CC)n1. The van der Waals surface area contributed by atoms with Gasteiger partial charge in [0.25, 0.3) is 0 Å². The van der Waals surface area contributed by atoms with Crippen LogP contribution in [0.1, 0.15) is 64.3 Å². The molecule has 0 radical (unpaired) electrons. The largest absolute Gasteiger partial charge is 0.316 e. The van der Waals surface area contributed by atoms with Crippen molar-refractivity contribution in [2.24, 2.45) is 11.8 Å². The van der Waals surface area contributed by atoms with Crippen LogP contribution in [0.5, 0.6) is 0 Å². The van der Waals surface area contributed by atoms with Crippen molar-refractivity contribution in [3.8, 4) is 0 Å². The first-order valence-electron chi connectivity index (χ1n) is 8.94. The molecule has 0 spiro atoms. The van der Waals surface area contributed by atoms with Crippen molar-refractivity contribution < 1.29 is 0 Å². The molecule has 0 saturated heterocycles. The summed E-state index contributed by atoms with van der Waals surface area (Å²) in [4.78, 5) is 0. The van der Waals surface area contributed by atoms with Gasteiger partial charge in [-0.15, -0.1) is 0 Å². The summed E-state index contributed by atoms with van der Waals surface area (Å²) in [6.07, 6.45) is 9.15. The van der Waals surface area contributed by atoms with E-state index in [9.17, 15) is 0 Å². The molecule has 0 aliphatic heterocycles. The molecule has 2 rings (SSSR count). The highest BCUT2D eigenvalue weighted by Crippen LogP contribution is 2.33. The maximum absolute atomic E-state index is 4.70. The first kappa shape index (κ1) is 16.5. The van der Waals surface area contributed by atoms with Gasteiger partial charge in [0.05, 0.1) is 5.69 Å². The van der Waals surface area contributed by atoms with Crippen LogP contribution in [0, 0.1) is 11.8 Å². The van der Waals surface area contributed by atoms with E-state index in [4.69, 9.17) is 5.10 Å². The minimum atomic E-state index is 0.603. The molecule has 3 heteroatoms. The minimum Gasteiger partial charge on any atom is -0.316 e. The Labute approximate surface area is 130 Å². The molecule has 0 amide bonds. The number of aromatic nitrogens is 2. The Bertz CT molecular complexity index is 424. The molecule has 1 fully saturated rings. The Morgan fingerprint density at radius 1 is 1.33 bits per heavy atom. The molecule has 3 atom stereocenters. The fourth-order valence-corrected chi connectivity index (χ4v) is 3.92. The number of likely N-dealkylation sites (N-methyl/N-ethyl adjacent to an activating group) is 1. The van der Waals surface area contributed by atoms with Crippen LogP contribution in [0.3, 0.4) is 0 Å². The van der Waals surface area contributed by atoms with E-state index in [1.165, 1.54) is 43.5 Å². The van der Waals surface area contributed by atoms with Crippen LogP contribution in [-0.4, -0.2) is 22.9 Å². The van der Waals surface area contributed by atoms with Gasteiger partial charge in [0.2, 0.25) is 0 Å². The quantitative estimate of drug-likeness (QED) is 0.828. The third-order valence-electron chi connectivity index (χ3n) is 5.35. The van der Waals surface area contributed by atoms with Gasteiger partial charge in [-0.25, -0.2) is 0 Å². The summed E-state index contributed by atoms with van der Waals surface area (Å²) in [7, 11) is 2.13. The van der Waals surface area contributed by atoms with Gasteiger partial charge in [-0.3, -0.25) is 4.68 Å². The molecule has 0 aromatic carbocycles. The molecule has 1 aromatic heterocycles. The third-order valence-corrected chi connectivity index (χ3v) is 5.35. The van der Waals surface area contributed by atoms with Crippen molar-refractivity contribution in [3.63, 3.8) is 0 Å². The number of nitrogens with zero attached hydrogens (tertiary/aromatic N) is 2. The van der Waals surface area contributed by atoms with Crippen LogP contribution in [0.2, 0.25) is 0 Å². The van der Waals surface area contributed by atoms with Gasteiger partial charge in [0, 0.05) is 24.7 Å². The third kappa shape index (κ3) is 4.09. The monoisotopic (exact) mass is 291 g/mol. The average molecular weight is 291 g/mol. The lowest BCUT2D eigenvalue weighted by Crippen LogP contribution is -2.38. The molecule has 1 N–H and O–H groups in total. The van der Waals surface area contributed by atoms with Gasteiger partial charge < -0.3 is 5.32 Å². The van der Waals surface area contributed by atoms with Crippen LogP contribution in [0.25, 0.3) is 0 Å². The number of aryl methyl sites for hydroxylation is 2. The summed E-state index contributed by atoms with van der Waals surface area (Å²) < 4.78 is 2.20. The molecular weight excluding hydrogens is 258 g/mol. The molecule has 120 valence electrons. The second kappa shape index (κ2) is 7.98. The maximum atomic E-state index is 4.70. The Morgan fingerprint density at radius 3 is 2.76 bits per heavy atom. The zero-order valence-corrected chi connectivity index (χ0v) is 14.4. The summed E-state index contributed by atoms with van der Waals surface area (Å²) in [6, 6.07) is 2.92. The lowest BCUT2D eigenvalue weighted by atomic mass is 9.76. The van der Waals surface area contributed by atoms with Crippen molar-refractivity contribution in [3.05, 3.63) is 17.5 Å². The molecule has 3 nitrogen and oxygen atoms in total. The number of rotatable bonds is 7. The zero-order chi connectivity index (χ0) is 15.2. The van der Waals surface area contributed by atoms with Crippen LogP contribution < -0.4 is 5.32 Å². The van der Waals surface area contributed by atoms with Gasteiger partial charge >= 0.3 is 0 Å². The predicted molar refractivity (Wildman–Crippen MR) is 89.6 cm³/mol. The van der Waals surface area contributed by atoms with Gasteiger partial charge in [0.15, 0.2) is 0 Å². The molecule has 0 bridgehead atoms. The second-order valence-corrected chi connectivity index (χ2v) is 6.60. The Morgan fingerprint density at radius 2 is 2.14 bits per heavy atom. The molecule has 1 heterocycles. The molecule has 1 saturated carbocycles. The smallest absolute Gasteiger partial charge is 0.0624 e. The van der Waals surface area contributed by atoms with E-state index in [0.717, 1.165) is 31.2 Å². The normalized spacial score (nSPS) is 24.2. The van der Waals surface area contributed by atoms with Crippen molar-refractivity contribution in [1.29, 1.82) is 0 Å². The van der Waals surface area contributed by atoms with Crippen LogP contribution in [0.4, 0.5) is 0 Å². The molecule has 3 unspecified atom stereocenters.